The van der Waals surface area contributed by atoms with E-state index in [-0.39, 0.29) is 0 Å². The van der Waals surface area contributed by atoms with Gasteiger partial charge in [0.2, 0.25) is 0 Å². The third-order valence-electron chi connectivity index (χ3n) is 2.95. The second kappa shape index (κ2) is 9.42. The fourth-order valence-electron chi connectivity index (χ4n) is 1.94. The van der Waals surface area contributed by atoms with Crippen molar-refractivity contribution in [3.05, 3.63) is 15.6 Å². The van der Waals surface area contributed by atoms with Gasteiger partial charge >= 0.3 is 0 Å². The third kappa shape index (κ3) is 6.47. The van der Waals surface area contributed by atoms with Crippen LogP contribution in [0.4, 0.5) is 0 Å². The molecule has 4 nitrogen and oxygen atoms in total. The number of nitrogens with one attached hydrogen (secondary N) is 1. The first-order valence-electron chi connectivity index (χ1n) is 6.89. The Hall–Kier alpha value is -0.490. The number of thiazole rings is 1. The van der Waals surface area contributed by atoms with E-state index in [1.807, 2.05) is 0 Å². The maximum absolute atomic E-state index is 5.42. The van der Waals surface area contributed by atoms with Crippen LogP contribution in [0.25, 0.3) is 0 Å². The first-order valence-corrected chi connectivity index (χ1v) is 7.70. The van der Waals surface area contributed by atoms with E-state index in [2.05, 4.69) is 31.1 Å². The minimum absolute atomic E-state index is 0.333. The first kappa shape index (κ1) is 16.6. The summed E-state index contributed by atoms with van der Waals surface area (Å²) in [5.74, 6) is 0. The van der Waals surface area contributed by atoms with Crippen LogP contribution in [0.15, 0.2) is 0 Å². The lowest BCUT2D eigenvalue weighted by Crippen LogP contribution is -2.21. The van der Waals surface area contributed by atoms with Gasteiger partial charge in [0.25, 0.3) is 0 Å². The Labute approximate surface area is 120 Å². The van der Waals surface area contributed by atoms with E-state index in [1.54, 1.807) is 18.4 Å². The molecule has 1 aromatic heterocycles. The van der Waals surface area contributed by atoms with Crippen molar-refractivity contribution in [2.24, 2.45) is 0 Å². The first-order chi connectivity index (χ1) is 9.15. The molecule has 0 amide bonds. The molecule has 5 heteroatoms. The van der Waals surface area contributed by atoms with Crippen molar-refractivity contribution < 1.29 is 9.47 Å². The maximum Gasteiger partial charge on any atom is 0.0900 e. The summed E-state index contributed by atoms with van der Waals surface area (Å²) in [6, 6.07) is 0.333. The lowest BCUT2D eigenvalue weighted by Gasteiger charge is -2.12. The zero-order valence-electron chi connectivity index (χ0n) is 12.5. The highest BCUT2D eigenvalue weighted by Crippen LogP contribution is 2.22. The second-order valence-corrected chi connectivity index (χ2v) is 6.07. The summed E-state index contributed by atoms with van der Waals surface area (Å²) in [5, 5.41) is 4.67. The highest BCUT2D eigenvalue weighted by molar-refractivity contribution is 7.11. The van der Waals surface area contributed by atoms with E-state index >= 15 is 0 Å². The molecule has 0 saturated heterocycles. The number of unbranched alkanes of at least 4 members (excludes halogenated alkanes) is 1. The van der Waals surface area contributed by atoms with Gasteiger partial charge in [0.05, 0.1) is 23.9 Å². The highest BCUT2D eigenvalue weighted by Gasteiger charge is 2.11. The zero-order chi connectivity index (χ0) is 14.1. The molecule has 19 heavy (non-hydrogen) atoms. The van der Waals surface area contributed by atoms with Crippen molar-refractivity contribution in [2.75, 3.05) is 33.5 Å². The Morgan fingerprint density at radius 2 is 2.00 bits per heavy atom. The molecular weight excluding hydrogens is 260 g/mol. The van der Waals surface area contributed by atoms with Gasteiger partial charge in [-0.2, -0.15) is 0 Å². The zero-order valence-corrected chi connectivity index (χ0v) is 13.3. The Kier molecular flexibility index (Phi) is 8.21. The van der Waals surface area contributed by atoms with E-state index in [4.69, 9.17) is 9.47 Å². The van der Waals surface area contributed by atoms with Crippen LogP contribution in [-0.4, -0.2) is 38.5 Å². The molecule has 0 bridgehead atoms. The Morgan fingerprint density at radius 3 is 2.63 bits per heavy atom. The molecule has 0 saturated carbocycles. The van der Waals surface area contributed by atoms with Crippen LogP contribution in [0, 0.1) is 13.8 Å². The minimum atomic E-state index is 0.333. The molecular formula is C14H26N2O2S. The largest absolute Gasteiger partial charge is 0.382 e. The number of rotatable bonds is 10. The molecule has 1 heterocycles. The van der Waals surface area contributed by atoms with Gasteiger partial charge in [0, 0.05) is 24.6 Å². The van der Waals surface area contributed by atoms with Crippen LogP contribution >= 0.6 is 11.3 Å². The molecule has 1 aromatic rings. The van der Waals surface area contributed by atoms with Crippen molar-refractivity contribution in [1.82, 2.24) is 10.3 Å². The minimum Gasteiger partial charge on any atom is -0.382 e. The number of methoxy groups -OCH3 is 1. The normalized spacial score (nSPS) is 12.8. The van der Waals surface area contributed by atoms with Crippen LogP contribution < -0.4 is 5.32 Å². The monoisotopic (exact) mass is 286 g/mol. The van der Waals surface area contributed by atoms with Gasteiger partial charge < -0.3 is 14.8 Å². The number of hydrogen-bond acceptors (Lipinski definition) is 5. The molecule has 0 spiro atoms. The van der Waals surface area contributed by atoms with Crippen molar-refractivity contribution >= 4 is 11.3 Å². The van der Waals surface area contributed by atoms with Crippen molar-refractivity contribution in [3.8, 4) is 0 Å². The third-order valence-corrected chi connectivity index (χ3v) is 3.85. The summed E-state index contributed by atoms with van der Waals surface area (Å²) in [5.41, 5.74) is 1.19. The quantitative estimate of drug-likeness (QED) is 0.672. The average molecular weight is 286 g/mol. The number of aromatic nitrogens is 1. The lowest BCUT2D eigenvalue weighted by atomic mass is 10.2. The molecule has 0 aliphatic rings. The van der Waals surface area contributed by atoms with Crippen LogP contribution in [0.5, 0.6) is 0 Å². The Morgan fingerprint density at radius 1 is 1.21 bits per heavy atom. The van der Waals surface area contributed by atoms with Gasteiger partial charge in [-0.1, -0.05) is 0 Å². The van der Waals surface area contributed by atoms with Gasteiger partial charge in [-0.25, -0.2) is 4.98 Å². The molecule has 1 unspecified atom stereocenters. The Bertz CT molecular complexity index is 355. The molecule has 1 rings (SSSR count). The molecule has 110 valence electrons. The van der Waals surface area contributed by atoms with E-state index < -0.39 is 0 Å². The predicted molar refractivity (Wildman–Crippen MR) is 79.9 cm³/mol. The average Bonchev–Trinajstić information content (AvgIpc) is 2.71. The van der Waals surface area contributed by atoms with Gasteiger partial charge in [0.1, 0.15) is 0 Å². The molecule has 1 N–H and O–H groups in total. The molecule has 0 aromatic carbocycles. The topological polar surface area (TPSA) is 43.4 Å². The fourth-order valence-corrected chi connectivity index (χ4v) is 2.85. The number of nitrogens with zero attached hydrogens (tertiary/aromatic N) is 1. The summed E-state index contributed by atoms with van der Waals surface area (Å²) in [6.07, 6.45) is 2.21. The van der Waals surface area contributed by atoms with Gasteiger partial charge in [0.15, 0.2) is 0 Å². The van der Waals surface area contributed by atoms with Gasteiger partial charge in [-0.3, -0.25) is 0 Å². The molecule has 0 fully saturated rings. The van der Waals surface area contributed by atoms with Gasteiger partial charge in [-0.05, 0) is 40.2 Å². The standard InChI is InChI=1S/C14H26N2O2S/c1-11(14-12(2)19-13(3)16-14)15-7-5-6-8-18-10-9-17-4/h11,15H,5-10H2,1-4H3. The van der Waals surface area contributed by atoms with E-state index in [0.717, 1.165) is 31.0 Å². The smallest absolute Gasteiger partial charge is 0.0900 e. The predicted octanol–water partition coefficient (Wildman–Crippen LogP) is 2.85. The summed E-state index contributed by atoms with van der Waals surface area (Å²) in [4.78, 5) is 5.90. The SMILES string of the molecule is COCCOCCCCNC(C)c1nc(C)sc1C. The van der Waals surface area contributed by atoms with E-state index in [1.165, 1.54) is 10.6 Å². The van der Waals surface area contributed by atoms with Crippen LogP contribution in [0.2, 0.25) is 0 Å². The number of ether oxygens (including phenoxy) is 2. The van der Waals surface area contributed by atoms with E-state index in [0.29, 0.717) is 19.3 Å². The second-order valence-electron chi connectivity index (χ2n) is 4.66. The maximum atomic E-state index is 5.42. The lowest BCUT2D eigenvalue weighted by molar-refractivity contribution is 0.0687. The summed E-state index contributed by atoms with van der Waals surface area (Å²) >= 11 is 1.77. The van der Waals surface area contributed by atoms with E-state index in [9.17, 15) is 0 Å². The molecule has 0 radical (unpaired) electrons. The Balaban J connectivity index is 2.08. The van der Waals surface area contributed by atoms with Crippen LogP contribution in [0.3, 0.4) is 0 Å². The van der Waals surface area contributed by atoms with Gasteiger partial charge in [-0.15, -0.1) is 11.3 Å². The number of aryl methyl sites for hydroxylation is 2. The molecule has 1 atom stereocenters. The van der Waals surface area contributed by atoms with Crippen molar-refractivity contribution in [3.63, 3.8) is 0 Å². The highest BCUT2D eigenvalue weighted by atomic mass is 32.1. The van der Waals surface area contributed by atoms with Crippen LogP contribution in [-0.2, 0) is 9.47 Å². The fraction of sp³-hybridized carbons (Fsp3) is 0.786. The summed E-state index contributed by atoms with van der Waals surface area (Å²) in [7, 11) is 1.69. The van der Waals surface area contributed by atoms with Crippen molar-refractivity contribution in [2.45, 2.75) is 39.7 Å². The van der Waals surface area contributed by atoms with Crippen LogP contribution in [0.1, 0.15) is 41.4 Å². The summed E-state index contributed by atoms with van der Waals surface area (Å²) < 4.78 is 10.3. The van der Waals surface area contributed by atoms with Crippen molar-refractivity contribution in [1.29, 1.82) is 0 Å². The molecule has 0 aliphatic heterocycles. The summed E-state index contributed by atoms with van der Waals surface area (Å²) in [6.45, 7) is 9.57. The number of hydrogen-bond donors (Lipinski definition) is 1. The molecule has 0 aliphatic carbocycles.